The molecule has 1 aromatic heterocycles. The summed E-state index contributed by atoms with van der Waals surface area (Å²) in [7, 11) is 1.48. The number of halogens is 1. The fraction of sp³-hybridized carbons (Fsp3) is 0.125. The van der Waals surface area contributed by atoms with Crippen molar-refractivity contribution >= 4 is 17.5 Å². The summed E-state index contributed by atoms with van der Waals surface area (Å²) in [6, 6.07) is 3.28. The molecule has 0 aliphatic rings. The zero-order valence-electron chi connectivity index (χ0n) is 6.84. The molecular weight excluding hydrogens is 190 g/mol. The van der Waals surface area contributed by atoms with Crippen molar-refractivity contribution in [3.63, 3.8) is 0 Å². The lowest BCUT2D eigenvalue weighted by Gasteiger charge is -2.00. The molecule has 0 atom stereocenters. The number of nitrogens with zero attached hydrogens (tertiary/aromatic N) is 2. The molecule has 0 aromatic carbocycles. The van der Waals surface area contributed by atoms with E-state index in [1.807, 2.05) is 6.07 Å². The molecule has 1 rings (SSSR count). The predicted molar refractivity (Wildman–Crippen MR) is 47.4 cm³/mol. The highest BCUT2D eigenvalue weighted by molar-refractivity contribution is 6.33. The molecule has 0 saturated heterocycles. The Bertz CT molecular complexity index is 383. The summed E-state index contributed by atoms with van der Waals surface area (Å²) in [5.41, 5.74) is 0.459. The SMILES string of the molecule is CNC(=O)c1ncc(C#N)cc1Cl. The monoisotopic (exact) mass is 195 g/mol. The second-order valence-electron chi connectivity index (χ2n) is 2.25. The van der Waals surface area contributed by atoms with Gasteiger partial charge in [-0.3, -0.25) is 4.79 Å². The van der Waals surface area contributed by atoms with E-state index < -0.39 is 0 Å². The van der Waals surface area contributed by atoms with E-state index in [1.165, 1.54) is 19.3 Å². The normalized spacial score (nSPS) is 9.00. The van der Waals surface area contributed by atoms with E-state index in [4.69, 9.17) is 16.9 Å². The highest BCUT2D eigenvalue weighted by atomic mass is 35.5. The first kappa shape index (κ1) is 9.49. The second kappa shape index (κ2) is 3.87. The molecule has 1 heterocycles. The van der Waals surface area contributed by atoms with Crippen LogP contribution in [0, 0.1) is 11.3 Å². The van der Waals surface area contributed by atoms with Crippen LogP contribution >= 0.6 is 11.6 Å². The highest BCUT2D eigenvalue weighted by Gasteiger charge is 2.10. The van der Waals surface area contributed by atoms with Gasteiger partial charge in [-0.2, -0.15) is 5.26 Å². The van der Waals surface area contributed by atoms with Gasteiger partial charge in [0.05, 0.1) is 10.6 Å². The predicted octanol–water partition coefficient (Wildman–Crippen LogP) is 0.966. The first-order valence-corrected chi connectivity index (χ1v) is 3.84. The van der Waals surface area contributed by atoms with Gasteiger partial charge in [0.15, 0.2) is 0 Å². The number of aromatic nitrogens is 1. The van der Waals surface area contributed by atoms with Gasteiger partial charge in [0.25, 0.3) is 5.91 Å². The number of pyridine rings is 1. The van der Waals surface area contributed by atoms with Crippen LogP contribution in [0.5, 0.6) is 0 Å². The van der Waals surface area contributed by atoms with Crippen LogP contribution in [-0.4, -0.2) is 17.9 Å². The molecule has 0 saturated carbocycles. The van der Waals surface area contributed by atoms with E-state index in [9.17, 15) is 4.79 Å². The summed E-state index contributed by atoms with van der Waals surface area (Å²) in [6.45, 7) is 0. The van der Waals surface area contributed by atoms with Crippen molar-refractivity contribution in [2.24, 2.45) is 0 Å². The lowest BCUT2D eigenvalue weighted by Crippen LogP contribution is -2.19. The summed E-state index contributed by atoms with van der Waals surface area (Å²) in [6.07, 6.45) is 1.30. The van der Waals surface area contributed by atoms with Crippen molar-refractivity contribution in [1.82, 2.24) is 10.3 Å². The van der Waals surface area contributed by atoms with Gasteiger partial charge < -0.3 is 5.32 Å². The van der Waals surface area contributed by atoms with E-state index in [-0.39, 0.29) is 16.6 Å². The Morgan fingerprint density at radius 1 is 1.77 bits per heavy atom. The molecule has 0 unspecified atom stereocenters. The average Bonchev–Trinajstić information content (AvgIpc) is 2.16. The molecule has 1 aromatic rings. The lowest BCUT2D eigenvalue weighted by atomic mass is 10.2. The number of rotatable bonds is 1. The van der Waals surface area contributed by atoms with Crippen LogP contribution in [0.25, 0.3) is 0 Å². The maximum absolute atomic E-state index is 11.1. The smallest absolute Gasteiger partial charge is 0.271 e. The Morgan fingerprint density at radius 3 is 2.92 bits per heavy atom. The van der Waals surface area contributed by atoms with Gasteiger partial charge in [0.2, 0.25) is 0 Å². The maximum Gasteiger partial charge on any atom is 0.271 e. The second-order valence-corrected chi connectivity index (χ2v) is 2.65. The lowest BCUT2D eigenvalue weighted by molar-refractivity contribution is 0.0958. The Balaban J connectivity index is 3.14. The summed E-state index contributed by atoms with van der Waals surface area (Å²) >= 11 is 5.71. The maximum atomic E-state index is 11.1. The fourth-order valence-corrected chi connectivity index (χ4v) is 1.04. The van der Waals surface area contributed by atoms with Gasteiger partial charge in [0, 0.05) is 13.2 Å². The Kier molecular flexibility index (Phi) is 2.83. The highest BCUT2D eigenvalue weighted by Crippen LogP contribution is 2.14. The van der Waals surface area contributed by atoms with Gasteiger partial charge in [-0.1, -0.05) is 11.6 Å². The van der Waals surface area contributed by atoms with Gasteiger partial charge in [-0.15, -0.1) is 0 Å². The minimum Gasteiger partial charge on any atom is -0.354 e. The molecule has 1 N–H and O–H groups in total. The molecule has 4 nitrogen and oxygen atoms in total. The molecule has 0 aliphatic carbocycles. The van der Waals surface area contributed by atoms with Gasteiger partial charge in [-0.05, 0) is 6.07 Å². The standard InChI is InChI=1S/C8H6ClN3O/c1-11-8(13)7-6(9)2-5(3-10)4-12-7/h2,4H,1H3,(H,11,13). The minimum absolute atomic E-state index is 0.128. The molecule has 0 radical (unpaired) electrons. The largest absolute Gasteiger partial charge is 0.354 e. The van der Waals surface area contributed by atoms with Crippen molar-refractivity contribution in [2.45, 2.75) is 0 Å². The zero-order chi connectivity index (χ0) is 9.84. The van der Waals surface area contributed by atoms with Crippen molar-refractivity contribution in [3.05, 3.63) is 28.5 Å². The first-order chi connectivity index (χ1) is 6.19. The van der Waals surface area contributed by atoms with E-state index in [1.54, 1.807) is 0 Å². The third-order valence-corrected chi connectivity index (χ3v) is 1.70. The summed E-state index contributed by atoms with van der Waals surface area (Å²) < 4.78 is 0. The van der Waals surface area contributed by atoms with E-state index in [0.29, 0.717) is 5.56 Å². The summed E-state index contributed by atoms with van der Waals surface area (Å²) in [5, 5.41) is 11.1. The van der Waals surface area contributed by atoms with Crippen molar-refractivity contribution in [2.75, 3.05) is 7.05 Å². The molecule has 0 spiro atoms. The van der Waals surface area contributed by atoms with Gasteiger partial charge >= 0.3 is 0 Å². The first-order valence-electron chi connectivity index (χ1n) is 3.46. The van der Waals surface area contributed by atoms with E-state index in [2.05, 4.69) is 10.3 Å². The molecule has 13 heavy (non-hydrogen) atoms. The van der Waals surface area contributed by atoms with Gasteiger partial charge in [0.1, 0.15) is 11.8 Å². The number of nitriles is 1. The zero-order valence-corrected chi connectivity index (χ0v) is 7.59. The molecule has 0 fully saturated rings. The number of carbonyl (C=O) groups is 1. The average molecular weight is 196 g/mol. The van der Waals surface area contributed by atoms with E-state index in [0.717, 1.165) is 0 Å². The van der Waals surface area contributed by atoms with Crippen LogP contribution in [-0.2, 0) is 0 Å². The van der Waals surface area contributed by atoms with Crippen LogP contribution in [0.3, 0.4) is 0 Å². The number of hydrogen-bond donors (Lipinski definition) is 1. The van der Waals surface area contributed by atoms with Crippen molar-refractivity contribution in [3.8, 4) is 6.07 Å². The van der Waals surface area contributed by atoms with E-state index >= 15 is 0 Å². The quantitative estimate of drug-likeness (QED) is 0.726. The molecule has 5 heteroatoms. The number of carbonyl (C=O) groups excluding carboxylic acids is 1. The molecular formula is C8H6ClN3O. The Hall–Kier alpha value is -1.60. The number of nitrogens with one attached hydrogen (secondary N) is 1. The van der Waals surface area contributed by atoms with Gasteiger partial charge in [-0.25, -0.2) is 4.98 Å². The number of hydrogen-bond acceptors (Lipinski definition) is 3. The molecule has 0 aliphatic heterocycles. The van der Waals surface area contributed by atoms with Crippen molar-refractivity contribution < 1.29 is 4.79 Å². The van der Waals surface area contributed by atoms with Crippen molar-refractivity contribution in [1.29, 1.82) is 5.26 Å². The number of amides is 1. The fourth-order valence-electron chi connectivity index (χ4n) is 0.785. The minimum atomic E-state index is -0.366. The molecule has 1 amide bonds. The van der Waals surface area contributed by atoms with Crippen LogP contribution in [0.2, 0.25) is 5.02 Å². The Morgan fingerprint density at radius 2 is 2.46 bits per heavy atom. The summed E-state index contributed by atoms with van der Waals surface area (Å²) in [5.74, 6) is -0.366. The molecule has 0 bridgehead atoms. The van der Waals surface area contributed by atoms with Crippen LogP contribution in [0.1, 0.15) is 16.1 Å². The third kappa shape index (κ3) is 1.95. The summed E-state index contributed by atoms with van der Waals surface area (Å²) in [4.78, 5) is 14.8. The van der Waals surface area contributed by atoms with Crippen LogP contribution < -0.4 is 5.32 Å². The topological polar surface area (TPSA) is 65.8 Å². The van der Waals surface area contributed by atoms with Crippen LogP contribution in [0.15, 0.2) is 12.3 Å². The Labute approximate surface area is 80.2 Å². The third-order valence-electron chi connectivity index (χ3n) is 1.41. The molecule has 66 valence electrons. The van der Waals surface area contributed by atoms with Crippen LogP contribution in [0.4, 0.5) is 0 Å².